The van der Waals surface area contributed by atoms with Gasteiger partial charge in [-0.2, -0.15) is 0 Å². The maximum Gasteiger partial charge on any atom is 0.0811 e. The molecular formula is C28H46O4. The molecule has 0 unspecified atom stereocenters. The molecule has 0 aromatic carbocycles. The molecule has 0 heterocycles. The Morgan fingerprint density at radius 3 is 2.72 bits per heavy atom. The largest absolute Gasteiger partial charge is 0.393 e. The number of aliphatic hydroxyl groups is 3. The number of allylic oxidation sites excluding steroid dienone is 3. The van der Waals surface area contributed by atoms with E-state index in [9.17, 15) is 15.3 Å². The Labute approximate surface area is 195 Å². The van der Waals surface area contributed by atoms with Crippen molar-refractivity contribution in [1.29, 1.82) is 0 Å². The minimum Gasteiger partial charge on any atom is -0.393 e. The minimum absolute atomic E-state index is 0.320. The van der Waals surface area contributed by atoms with Crippen LogP contribution in [0.3, 0.4) is 0 Å². The Morgan fingerprint density at radius 2 is 2.00 bits per heavy atom. The first-order chi connectivity index (χ1) is 15.0. The SMILES string of the molecule is C=C1/C(=C\C=C2/CCC[C@]3(C)[C@@H]([C@H](C)COCCCC(C)(C)O)CC[C@@H]23)C[C@@H](O)C[C@@H]1O. The predicted molar refractivity (Wildman–Crippen MR) is 130 cm³/mol. The molecule has 0 aromatic rings. The molecule has 0 aliphatic heterocycles. The highest BCUT2D eigenvalue weighted by Gasteiger charge is 2.50. The maximum absolute atomic E-state index is 10.1. The summed E-state index contributed by atoms with van der Waals surface area (Å²) in [4.78, 5) is 0. The van der Waals surface area contributed by atoms with Crippen LogP contribution >= 0.6 is 0 Å². The Morgan fingerprint density at radius 1 is 1.25 bits per heavy atom. The van der Waals surface area contributed by atoms with Crippen LogP contribution < -0.4 is 0 Å². The van der Waals surface area contributed by atoms with E-state index in [-0.39, 0.29) is 0 Å². The monoisotopic (exact) mass is 446 g/mol. The van der Waals surface area contributed by atoms with Crippen LogP contribution in [0.4, 0.5) is 0 Å². The van der Waals surface area contributed by atoms with Gasteiger partial charge in [0.05, 0.1) is 17.8 Å². The van der Waals surface area contributed by atoms with Crippen LogP contribution in [-0.2, 0) is 4.74 Å². The zero-order chi connectivity index (χ0) is 23.5. The standard InChI is InChI=1S/C28H46O4/c1-19(18-32-15-7-13-27(3,4)31)24-11-12-25-21(8-6-14-28(24,25)5)9-10-22-16-23(29)17-26(30)20(22)2/h9-10,19,23-26,29-31H,2,6-8,11-18H2,1,3-5H3/b21-9+,22-10-/t19-,23-,24-,25+,26+,28-/m1/s1. The molecule has 3 saturated carbocycles. The summed E-state index contributed by atoms with van der Waals surface area (Å²) in [5, 5.41) is 30.1. The van der Waals surface area contributed by atoms with Crippen molar-refractivity contribution in [3.8, 4) is 0 Å². The van der Waals surface area contributed by atoms with Crippen molar-refractivity contribution in [1.82, 2.24) is 0 Å². The lowest BCUT2D eigenvalue weighted by Gasteiger charge is -2.44. The fourth-order valence-electron chi connectivity index (χ4n) is 6.67. The van der Waals surface area contributed by atoms with Gasteiger partial charge in [0.25, 0.3) is 0 Å². The summed E-state index contributed by atoms with van der Waals surface area (Å²) in [6.45, 7) is 14.1. The second-order valence-corrected chi connectivity index (χ2v) is 11.6. The molecule has 32 heavy (non-hydrogen) atoms. The first-order valence-electron chi connectivity index (χ1n) is 12.8. The third kappa shape index (κ3) is 6.14. The smallest absolute Gasteiger partial charge is 0.0811 e. The Balaban J connectivity index is 1.61. The molecule has 6 atom stereocenters. The first kappa shape index (κ1) is 25.7. The summed E-state index contributed by atoms with van der Waals surface area (Å²) in [5.41, 5.74) is 3.01. The number of fused-ring (bicyclic) bond motifs is 1. The van der Waals surface area contributed by atoms with E-state index in [4.69, 9.17) is 4.74 Å². The van der Waals surface area contributed by atoms with E-state index in [0.29, 0.717) is 36.0 Å². The highest BCUT2D eigenvalue weighted by Crippen LogP contribution is 2.59. The molecule has 4 nitrogen and oxygen atoms in total. The highest BCUT2D eigenvalue weighted by molar-refractivity contribution is 5.38. The zero-order valence-corrected chi connectivity index (χ0v) is 20.8. The minimum atomic E-state index is -0.625. The lowest BCUT2D eigenvalue weighted by molar-refractivity contribution is 0.0209. The van der Waals surface area contributed by atoms with Crippen molar-refractivity contribution in [2.24, 2.45) is 23.2 Å². The van der Waals surface area contributed by atoms with Gasteiger partial charge in [-0.15, -0.1) is 0 Å². The molecule has 3 aliphatic rings. The van der Waals surface area contributed by atoms with Gasteiger partial charge in [0, 0.05) is 19.6 Å². The summed E-state index contributed by atoms with van der Waals surface area (Å²) in [7, 11) is 0. The van der Waals surface area contributed by atoms with Crippen molar-refractivity contribution in [3.63, 3.8) is 0 Å². The van der Waals surface area contributed by atoms with Gasteiger partial charge in [-0.1, -0.05) is 38.2 Å². The molecule has 3 rings (SSSR count). The number of ether oxygens (including phenoxy) is 1. The molecule has 3 N–H and O–H groups in total. The highest BCUT2D eigenvalue weighted by atomic mass is 16.5. The molecule has 3 aliphatic carbocycles. The van der Waals surface area contributed by atoms with Crippen molar-refractivity contribution in [2.75, 3.05) is 13.2 Å². The third-order valence-corrected chi connectivity index (χ3v) is 8.45. The van der Waals surface area contributed by atoms with E-state index in [2.05, 4.69) is 32.6 Å². The van der Waals surface area contributed by atoms with Gasteiger partial charge in [0.2, 0.25) is 0 Å². The van der Waals surface area contributed by atoms with E-state index >= 15 is 0 Å². The topological polar surface area (TPSA) is 69.9 Å². The summed E-state index contributed by atoms with van der Waals surface area (Å²) >= 11 is 0. The fraction of sp³-hybridized carbons (Fsp3) is 0.786. The van der Waals surface area contributed by atoms with Gasteiger partial charge in [-0.25, -0.2) is 0 Å². The molecular weight excluding hydrogens is 400 g/mol. The Hall–Kier alpha value is -0.940. The zero-order valence-electron chi connectivity index (χ0n) is 20.8. The molecule has 3 fully saturated rings. The van der Waals surface area contributed by atoms with Crippen LogP contribution in [0.2, 0.25) is 0 Å². The average Bonchev–Trinajstić information content (AvgIpc) is 3.06. The second-order valence-electron chi connectivity index (χ2n) is 11.6. The normalized spacial score (nSPS) is 37.2. The molecule has 0 bridgehead atoms. The number of rotatable bonds is 8. The summed E-state index contributed by atoms with van der Waals surface area (Å²) < 4.78 is 6.02. The number of hydrogen-bond acceptors (Lipinski definition) is 4. The van der Waals surface area contributed by atoms with Gasteiger partial charge in [0.1, 0.15) is 0 Å². The van der Waals surface area contributed by atoms with E-state index in [1.165, 1.54) is 31.3 Å². The van der Waals surface area contributed by atoms with Crippen molar-refractivity contribution >= 4 is 0 Å². The van der Waals surface area contributed by atoms with E-state index in [1.807, 2.05) is 13.8 Å². The van der Waals surface area contributed by atoms with Crippen molar-refractivity contribution in [3.05, 3.63) is 35.5 Å². The van der Waals surface area contributed by atoms with Crippen LogP contribution in [0.5, 0.6) is 0 Å². The van der Waals surface area contributed by atoms with Gasteiger partial charge < -0.3 is 20.1 Å². The second kappa shape index (κ2) is 10.5. The maximum atomic E-state index is 10.1. The lowest BCUT2D eigenvalue weighted by atomic mass is 9.61. The van der Waals surface area contributed by atoms with E-state index in [0.717, 1.165) is 43.6 Å². The number of hydrogen-bond donors (Lipinski definition) is 3. The van der Waals surface area contributed by atoms with Crippen molar-refractivity contribution < 1.29 is 20.1 Å². The van der Waals surface area contributed by atoms with Gasteiger partial charge in [0.15, 0.2) is 0 Å². The Bertz CT molecular complexity index is 715. The average molecular weight is 447 g/mol. The third-order valence-electron chi connectivity index (χ3n) is 8.45. The van der Waals surface area contributed by atoms with Crippen LogP contribution in [0.15, 0.2) is 35.5 Å². The molecule has 4 heteroatoms. The molecule has 182 valence electrons. The van der Waals surface area contributed by atoms with Crippen LogP contribution in [-0.4, -0.2) is 46.3 Å². The summed E-state index contributed by atoms with van der Waals surface area (Å²) in [5.74, 6) is 1.82. The Kier molecular flexibility index (Phi) is 8.46. The van der Waals surface area contributed by atoms with Gasteiger partial charge >= 0.3 is 0 Å². The molecule has 0 radical (unpaired) electrons. The van der Waals surface area contributed by atoms with Crippen molar-refractivity contribution in [2.45, 2.75) is 103 Å². The summed E-state index contributed by atoms with van der Waals surface area (Å²) in [6.07, 6.45) is 12.1. The first-order valence-corrected chi connectivity index (χ1v) is 12.8. The van der Waals surface area contributed by atoms with E-state index < -0.39 is 17.8 Å². The molecule has 0 aromatic heterocycles. The van der Waals surface area contributed by atoms with Crippen LogP contribution in [0.25, 0.3) is 0 Å². The predicted octanol–water partition coefficient (Wildman–Crippen LogP) is 5.33. The summed E-state index contributed by atoms with van der Waals surface area (Å²) in [6, 6.07) is 0. The molecule has 0 spiro atoms. The number of aliphatic hydroxyl groups excluding tert-OH is 2. The molecule has 0 amide bonds. The van der Waals surface area contributed by atoms with E-state index in [1.54, 1.807) is 0 Å². The quantitative estimate of drug-likeness (QED) is 0.441. The van der Waals surface area contributed by atoms with Gasteiger partial charge in [-0.05, 0) is 99.5 Å². The van der Waals surface area contributed by atoms with Gasteiger partial charge in [-0.3, -0.25) is 0 Å². The fourth-order valence-corrected chi connectivity index (χ4v) is 6.67. The molecule has 0 saturated heterocycles. The lowest BCUT2D eigenvalue weighted by Crippen LogP contribution is -2.37. The van der Waals surface area contributed by atoms with Crippen LogP contribution in [0.1, 0.15) is 85.5 Å². The van der Waals surface area contributed by atoms with Crippen LogP contribution in [0, 0.1) is 23.2 Å².